The van der Waals surface area contributed by atoms with Crippen molar-refractivity contribution in [3.8, 4) is 11.5 Å². The minimum absolute atomic E-state index is 0.0937. The summed E-state index contributed by atoms with van der Waals surface area (Å²) in [7, 11) is 0. The Kier molecular flexibility index (Phi) is 6.09. The van der Waals surface area contributed by atoms with Gasteiger partial charge >= 0.3 is 0 Å². The first-order valence-electron chi connectivity index (χ1n) is 6.61. The van der Waals surface area contributed by atoms with Gasteiger partial charge in [0.1, 0.15) is 24.7 Å². The van der Waals surface area contributed by atoms with Crippen LogP contribution in [0.1, 0.15) is 0 Å². The van der Waals surface area contributed by atoms with Gasteiger partial charge in [-0.25, -0.2) is 5.48 Å². The molecule has 2 aromatic carbocycles. The average molecular weight is 287 g/mol. The fraction of sp³-hybridized carbons (Fsp3) is 0.188. The predicted octanol–water partition coefficient (Wildman–Crippen LogP) is 2.19. The van der Waals surface area contributed by atoms with Gasteiger partial charge in [0.25, 0.3) is 5.91 Å². The molecule has 0 fully saturated rings. The smallest absolute Gasteiger partial charge is 0.281 e. The lowest BCUT2D eigenvalue weighted by Crippen LogP contribution is -2.30. The molecule has 0 aliphatic heterocycles. The van der Waals surface area contributed by atoms with Crippen molar-refractivity contribution >= 4 is 5.91 Å². The van der Waals surface area contributed by atoms with E-state index in [9.17, 15) is 4.79 Å². The molecule has 5 nitrogen and oxygen atoms in total. The molecular weight excluding hydrogens is 270 g/mol. The van der Waals surface area contributed by atoms with E-state index in [1.54, 1.807) is 12.1 Å². The van der Waals surface area contributed by atoms with Gasteiger partial charge in [-0.05, 0) is 24.3 Å². The number of hydroxylamine groups is 1. The van der Waals surface area contributed by atoms with Crippen molar-refractivity contribution in [3.63, 3.8) is 0 Å². The van der Waals surface area contributed by atoms with E-state index < -0.39 is 0 Å². The lowest BCUT2D eigenvalue weighted by molar-refractivity contribution is -0.136. The van der Waals surface area contributed by atoms with Gasteiger partial charge in [-0.15, -0.1) is 0 Å². The first-order valence-corrected chi connectivity index (χ1v) is 6.61. The second-order valence-electron chi connectivity index (χ2n) is 4.14. The Bertz CT molecular complexity index is 530. The second kappa shape index (κ2) is 8.60. The molecule has 1 N–H and O–H groups in total. The third-order valence-corrected chi connectivity index (χ3v) is 2.50. The van der Waals surface area contributed by atoms with Crippen molar-refractivity contribution in [2.45, 2.75) is 0 Å². The zero-order chi connectivity index (χ0) is 14.8. The number of benzene rings is 2. The van der Waals surface area contributed by atoms with E-state index in [4.69, 9.17) is 14.3 Å². The number of carbonyl (C=O) groups excluding carboxylic acids is 1. The van der Waals surface area contributed by atoms with Gasteiger partial charge in [0, 0.05) is 0 Å². The topological polar surface area (TPSA) is 56.8 Å². The van der Waals surface area contributed by atoms with Gasteiger partial charge in [-0.1, -0.05) is 36.4 Å². The maximum absolute atomic E-state index is 11.4. The summed E-state index contributed by atoms with van der Waals surface area (Å²) < 4.78 is 10.7. The van der Waals surface area contributed by atoms with Crippen LogP contribution < -0.4 is 15.0 Å². The summed E-state index contributed by atoms with van der Waals surface area (Å²) in [5.74, 6) is 1.05. The molecule has 0 aliphatic rings. The SMILES string of the molecule is O=C(COc1ccccc1)NOCCOc1ccccc1. The van der Waals surface area contributed by atoms with Crippen molar-refractivity contribution in [3.05, 3.63) is 60.7 Å². The van der Waals surface area contributed by atoms with E-state index in [1.807, 2.05) is 48.5 Å². The molecule has 0 aromatic heterocycles. The minimum Gasteiger partial charge on any atom is -0.491 e. The van der Waals surface area contributed by atoms with Crippen LogP contribution >= 0.6 is 0 Å². The van der Waals surface area contributed by atoms with E-state index in [-0.39, 0.29) is 19.1 Å². The molecule has 2 aromatic rings. The largest absolute Gasteiger partial charge is 0.491 e. The number of nitrogens with one attached hydrogen (secondary N) is 1. The highest BCUT2D eigenvalue weighted by atomic mass is 16.7. The first-order chi connectivity index (χ1) is 10.3. The van der Waals surface area contributed by atoms with Gasteiger partial charge in [-0.2, -0.15) is 0 Å². The Balaban J connectivity index is 1.53. The van der Waals surface area contributed by atoms with Crippen molar-refractivity contribution in [2.75, 3.05) is 19.8 Å². The van der Waals surface area contributed by atoms with Crippen LogP contribution in [0.15, 0.2) is 60.7 Å². The molecule has 5 heteroatoms. The molecule has 0 unspecified atom stereocenters. The molecule has 0 aliphatic carbocycles. The summed E-state index contributed by atoms with van der Waals surface area (Å²) in [6, 6.07) is 18.5. The third-order valence-electron chi connectivity index (χ3n) is 2.50. The quantitative estimate of drug-likeness (QED) is 0.597. The Morgan fingerprint density at radius 2 is 1.38 bits per heavy atom. The van der Waals surface area contributed by atoms with Gasteiger partial charge in [-0.3, -0.25) is 9.63 Å². The standard InChI is InChI=1S/C16H17NO4/c18-16(13-20-15-9-5-2-6-10-15)17-21-12-11-19-14-7-3-1-4-8-14/h1-10H,11-13H2,(H,17,18). The lowest BCUT2D eigenvalue weighted by Gasteiger charge is -2.08. The fourth-order valence-electron chi connectivity index (χ4n) is 1.54. The predicted molar refractivity (Wildman–Crippen MR) is 78.0 cm³/mol. The maximum atomic E-state index is 11.4. The van der Waals surface area contributed by atoms with Gasteiger partial charge in [0.15, 0.2) is 6.61 Å². The van der Waals surface area contributed by atoms with E-state index in [1.165, 1.54) is 0 Å². The Morgan fingerprint density at radius 1 is 0.810 bits per heavy atom. The van der Waals surface area contributed by atoms with Crippen LogP contribution in [-0.2, 0) is 9.63 Å². The van der Waals surface area contributed by atoms with Crippen molar-refractivity contribution < 1.29 is 19.1 Å². The van der Waals surface area contributed by atoms with Crippen LogP contribution in [0.2, 0.25) is 0 Å². The molecule has 21 heavy (non-hydrogen) atoms. The number of carbonyl (C=O) groups is 1. The average Bonchev–Trinajstić information content (AvgIpc) is 2.54. The summed E-state index contributed by atoms with van der Waals surface area (Å²) in [6.45, 7) is 0.513. The zero-order valence-electron chi connectivity index (χ0n) is 11.5. The molecule has 0 atom stereocenters. The lowest BCUT2D eigenvalue weighted by atomic mass is 10.3. The highest BCUT2D eigenvalue weighted by Crippen LogP contribution is 2.08. The number of para-hydroxylation sites is 2. The van der Waals surface area contributed by atoms with Crippen LogP contribution in [0.4, 0.5) is 0 Å². The Labute approximate surface area is 123 Å². The highest BCUT2D eigenvalue weighted by molar-refractivity contribution is 5.76. The van der Waals surface area contributed by atoms with Crippen molar-refractivity contribution in [1.82, 2.24) is 5.48 Å². The van der Waals surface area contributed by atoms with Crippen LogP contribution in [0.25, 0.3) is 0 Å². The number of ether oxygens (including phenoxy) is 2. The molecule has 0 bridgehead atoms. The fourth-order valence-corrected chi connectivity index (χ4v) is 1.54. The summed E-state index contributed by atoms with van der Waals surface area (Å²) in [4.78, 5) is 16.4. The van der Waals surface area contributed by atoms with Gasteiger partial charge < -0.3 is 9.47 Å². The number of hydrogen-bond acceptors (Lipinski definition) is 4. The molecule has 0 saturated carbocycles. The molecule has 0 spiro atoms. The van der Waals surface area contributed by atoms with Crippen molar-refractivity contribution in [1.29, 1.82) is 0 Å². The molecule has 2 rings (SSSR count). The zero-order valence-corrected chi connectivity index (χ0v) is 11.5. The summed E-state index contributed by atoms with van der Waals surface area (Å²) in [6.07, 6.45) is 0. The van der Waals surface area contributed by atoms with Crippen LogP contribution in [0, 0.1) is 0 Å². The highest BCUT2D eigenvalue weighted by Gasteiger charge is 2.02. The van der Waals surface area contributed by atoms with Crippen LogP contribution in [0.3, 0.4) is 0 Å². The molecule has 0 saturated heterocycles. The molecule has 1 amide bonds. The number of rotatable bonds is 8. The normalized spacial score (nSPS) is 9.90. The van der Waals surface area contributed by atoms with E-state index in [0.29, 0.717) is 12.4 Å². The van der Waals surface area contributed by atoms with E-state index in [2.05, 4.69) is 5.48 Å². The Morgan fingerprint density at radius 3 is 2.00 bits per heavy atom. The minimum atomic E-state index is -0.349. The summed E-state index contributed by atoms with van der Waals surface area (Å²) in [5, 5.41) is 0. The first kappa shape index (κ1) is 14.9. The second-order valence-corrected chi connectivity index (χ2v) is 4.14. The van der Waals surface area contributed by atoms with E-state index in [0.717, 1.165) is 5.75 Å². The number of hydrogen-bond donors (Lipinski definition) is 1. The van der Waals surface area contributed by atoms with Gasteiger partial charge in [0.2, 0.25) is 0 Å². The molecule has 0 heterocycles. The Hall–Kier alpha value is -2.53. The third kappa shape index (κ3) is 5.97. The summed E-state index contributed by atoms with van der Waals surface area (Å²) >= 11 is 0. The maximum Gasteiger partial charge on any atom is 0.281 e. The van der Waals surface area contributed by atoms with Gasteiger partial charge in [0.05, 0.1) is 0 Å². The van der Waals surface area contributed by atoms with Crippen LogP contribution in [0.5, 0.6) is 11.5 Å². The van der Waals surface area contributed by atoms with Crippen molar-refractivity contribution in [2.24, 2.45) is 0 Å². The molecule has 110 valence electrons. The molecule has 0 radical (unpaired) electrons. The monoisotopic (exact) mass is 287 g/mol. The summed E-state index contributed by atoms with van der Waals surface area (Å²) in [5.41, 5.74) is 2.30. The number of amides is 1. The molecular formula is C16H17NO4. The van der Waals surface area contributed by atoms with Crippen LogP contribution in [-0.4, -0.2) is 25.7 Å². The van der Waals surface area contributed by atoms with E-state index >= 15 is 0 Å².